The van der Waals surface area contributed by atoms with Crippen molar-refractivity contribution in [3.05, 3.63) is 83.1 Å². The van der Waals surface area contributed by atoms with Gasteiger partial charge < -0.3 is 19.7 Å². The molecule has 1 N–H and O–H groups in total. The number of anilines is 2. The summed E-state index contributed by atoms with van der Waals surface area (Å²) in [5.74, 6) is 0.525. The summed E-state index contributed by atoms with van der Waals surface area (Å²) in [6, 6.07) is 18.0. The average Bonchev–Trinajstić information content (AvgIpc) is 2.80. The van der Waals surface area contributed by atoms with E-state index in [1.807, 2.05) is 0 Å². The summed E-state index contributed by atoms with van der Waals surface area (Å²) >= 11 is 5.88. The van der Waals surface area contributed by atoms with Gasteiger partial charge in [-0.1, -0.05) is 23.7 Å². The zero-order valence-electron chi connectivity index (χ0n) is 17.7. The van der Waals surface area contributed by atoms with Crippen molar-refractivity contribution >= 4 is 34.8 Å². The van der Waals surface area contributed by atoms with E-state index in [4.69, 9.17) is 21.1 Å². The number of nitrogens with one attached hydrogen (secondary N) is 1. The van der Waals surface area contributed by atoms with E-state index in [9.17, 15) is 14.0 Å². The van der Waals surface area contributed by atoms with Gasteiger partial charge in [0.25, 0.3) is 5.91 Å². The molecular weight excluding hydrogens is 447 g/mol. The molecule has 33 heavy (non-hydrogen) atoms. The Morgan fingerprint density at radius 1 is 1.09 bits per heavy atom. The molecule has 1 aliphatic heterocycles. The number of ether oxygens (including phenoxy) is 2. The minimum Gasteiger partial charge on any atom is -0.494 e. The van der Waals surface area contributed by atoms with Gasteiger partial charge in [-0.2, -0.15) is 0 Å². The SMILES string of the molecule is O=C(Cc1ccc(F)cc1)Nc1ccc2c(c1)N(CCCOc1ccc(Cl)cc1)C(=O)CO2. The summed E-state index contributed by atoms with van der Waals surface area (Å²) in [5, 5.41) is 3.46. The number of hydrogen-bond donors (Lipinski definition) is 1. The quantitative estimate of drug-likeness (QED) is 0.480. The van der Waals surface area contributed by atoms with Crippen molar-refractivity contribution in [2.75, 3.05) is 30.0 Å². The van der Waals surface area contributed by atoms with Gasteiger partial charge in [-0.05, 0) is 66.6 Å². The monoisotopic (exact) mass is 468 g/mol. The van der Waals surface area contributed by atoms with Gasteiger partial charge >= 0.3 is 0 Å². The van der Waals surface area contributed by atoms with Crippen LogP contribution in [0.3, 0.4) is 0 Å². The Hall–Kier alpha value is -3.58. The van der Waals surface area contributed by atoms with E-state index in [2.05, 4.69) is 5.32 Å². The number of carbonyl (C=O) groups excluding carboxylic acids is 2. The lowest BCUT2D eigenvalue weighted by Crippen LogP contribution is -2.39. The summed E-state index contributed by atoms with van der Waals surface area (Å²) in [5.41, 5.74) is 1.84. The molecule has 0 fully saturated rings. The van der Waals surface area contributed by atoms with Gasteiger partial charge in [-0.15, -0.1) is 0 Å². The molecule has 6 nitrogen and oxygen atoms in total. The number of halogens is 2. The number of benzene rings is 3. The van der Waals surface area contributed by atoms with Crippen molar-refractivity contribution in [2.45, 2.75) is 12.8 Å². The smallest absolute Gasteiger partial charge is 0.265 e. The Labute approximate surface area is 195 Å². The number of amides is 2. The molecule has 3 aromatic carbocycles. The highest BCUT2D eigenvalue weighted by atomic mass is 35.5. The molecule has 0 saturated heterocycles. The van der Waals surface area contributed by atoms with Crippen LogP contribution in [0.4, 0.5) is 15.8 Å². The van der Waals surface area contributed by atoms with Gasteiger partial charge in [0.15, 0.2) is 6.61 Å². The summed E-state index contributed by atoms with van der Waals surface area (Å²) in [7, 11) is 0. The fourth-order valence-corrected chi connectivity index (χ4v) is 3.59. The lowest BCUT2D eigenvalue weighted by Gasteiger charge is -2.30. The van der Waals surface area contributed by atoms with E-state index in [0.29, 0.717) is 53.0 Å². The van der Waals surface area contributed by atoms with Crippen molar-refractivity contribution in [3.8, 4) is 11.5 Å². The third kappa shape index (κ3) is 6.02. The van der Waals surface area contributed by atoms with Crippen molar-refractivity contribution in [3.63, 3.8) is 0 Å². The average molecular weight is 469 g/mol. The number of nitrogens with zero attached hydrogens (tertiary/aromatic N) is 1. The van der Waals surface area contributed by atoms with Crippen LogP contribution in [0.15, 0.2) is 66.7 Å². The maximum Gasteiger partial charge on any atom is 0.265 e. The van der Waals surface area contributed by atoms with Crippen molar-refractivity contribution in [2.24, 2.45) is 0 Å². The molecule has 0 radical (unpaired) electrons. The van der Waals surface area contributed by atoms with E-state index in [0.717, 1.165) is 0 Å². The lowest BCUT2D eigenvalue weighted by molar-refractivity contribution is -0.121. The Balaban J connectivity index is 1.37. The Kier molecular flexibility index (Phi) is 7.10. The van der Waals surface area contributed by atoms with Crippen molar-refractivity contribution < 1.29 is 23.5 Å². The number of hydrogen-bond acceptors (Lipinski definition) is 4. The molecule has 0 unspecified atom stereocenters. The first-order valence-corrected chi connectivity index (χ1v) is 10.9. The van der Waals surface area contributed by atoms with Crippen molar-refractivity contribution in [1.29, 1.82) is 0 Å². The third-order valence-corrected chi connectivity index (χ3v) is 5.32. The molecule has 0 spiro atoms. The molecule has 3 aromatic rings. The molecule has 170 valence electrons. The van der Waals surface area contributed by atoms with E-state index in [1.165, 1.54) is 12.1 Å². The molecular formula is C25H22ClFN2O4. The minimum atomic E-state index is -0.350. The zero-order chi connectivity index (χ0) is 23.2. The topological polar surface area (TPSA) is 67.9 Å². The molecule has 8 heteroatoms. The highest BCUT2D eigenvalue weighted by Crippen LogP contribution is 2.34. The number of fused-ring (bicyclic) bond motifs is 1. The van der Waals surface area contributed by atoms with Crippen LogP contribution in [0.1, 0.15) is 12.0 Å². The van der Waals surface area contributed by atoms with Gasteiger partial charge in [0.2, 0.25) is 5.91 Å². The molecule has 2 amide bonds. The first-order chi connectivity index (χ1) is 16.0. The van der Waals surface area contributed by atoms with E-state index < -0.39 is 0 Å². The zero-order valence-corrected chi connectivity index (χ0v) is 18.5. The van der Waals surface area contributed by atoms with E-state index >= 15 is 0 Å². The highest BCUT2D eigenvalue weighted by Gasteiger charge is 2.25. The molecule has 1 aliphatic rings. The largest absolute Gasteiger partial charge is 0.494 e. The Bertz CT molecular complexity index is 1140. The summed E-state index contributed by atoms with van der Waals surface area (Å²) in [4.78, 5) is 26.5. The molecule has 1 heterocycles. The fourth-order valence-electron chi connectivity index (χ4n) is 3.46. The standard InChI is InChI=1S/C25H22ClFN2O4/c26-18-4-9-21(10-5-18)32-13-1-12-29-22-15-20(8-11-23(22)33-16-25(29)31)28-24(30)14-17-2-6-19(27)7-3-17/h2-11,15H,1,12-14,16H2,(H,28,30). The summed E-state index contributed by atoms with van der Waals surface area (Å²) in [6.07, 6.45) is 0.716. The second kappa shape index (κ2) is 10.4. The maximum absolute atomic E-state index is 13.1. The van der Waals surface area contributed by atoms with E-state index in [-0.39, 0.29) is 30.7 Å². The van der Waals surface area contributed by atoms with Gasteiger partial charge in [0.1, 0.15) is 17.3 Å². The second-order valence-electron chi connectivity index (χ2n) is 7.52. The van der Waals surface area contributed by atoms with Crippen LogP contribution in [0.2, 0.25) is 5.02 Å². The fraction of sp³-hybridized carbons (Fsp3) is 0.200. The highest BCUT2D eigenvalue weighted by molar-refractivity contribution is 6.30. The van der Waals surface area contributed by atoms with E-state index in [1.54, 1.807) is 59.5 Å². The number of carbonyl (C=O) groups is 2. The molecule has 0 atom stereocenters. The first-order valence-electron chi connectivity index (χ1n) is 10.5. The van der Waals surface area contributed by atoms with Crippen LogP contribution in [-0.2, 0) is 16.0 Å². The summed E-state index contributed by atoms with van der Waals surface area (Å²) < 4.78 is 24.3. The second-order valence-corrected chi connectivity index (χ2v) is 7.96. The molecule has 0 aliphatic carbocycles. The maximum atomic E-state index is 13.1. The van der Waals surface area contributed by atoms with Gasteiger partial charge in [-0.25, -0.2) is 4.39 Å². The third-order valence-electron chi connectivity index (χ3n) is 5.07. The van der Waals surface area contributed by atoms with Crippen LogP contribution >= 0.6 is 11.6 Å². The Morgan fingerprint density at radius 2 is 1.85 bits per heavy atom. The van der Waals surface area contributed by atoms with Crippen LogP contribution in [0, 0.1) is 5.82 Å². The molecule has 4 rings (SSSR count). The van der Waals surface area contributed by atoms with Gasteiger partial charge in [-0.3, -0.25) is 9.59 Å². The van der Waals surface area contributed by atoms with Crippen LogP contribution in [-0.4, -0.2) is 31.6 Å². The predicted molar refractivity (Wildman–Crippen MR) is 125 cm³/mol. The number of rotatable bonds is 8. The summed E-state index contributed by atoms with van der Waals surface area (Å²) in [6.45, 7) is 0.826. The Morgan fingerprint density at radius 3 is 2.61 bits per heavy atom. The molecule has 0 bridgehead atoms. The van der Waals surface area contributed by atoms with Crippen molar-refractivity contribution in [1.82, 2.24) is 0 Å². The predicted octanol–water partition coefficient (Wildman–Crippen LogP) is 4.85. The van der Waals surface area contributed by atoms with Crippen LogP contribution in [0.5, 0.6) is 11.5 Å². The lowest BCUT2D eigenvalue weighted by atomic mass is 10.1. The van der Waals surface area contributed by atoms with Crippen LogP contribution in [0.25, 0.3) is 0 Å². The van der Waals surface area contributed by atoms with Crippen LogP contribution < -0.4 is 19.7 Å². The molecule has 0 aromatic heterocycles. The normalized spacial score (nSPS) is 12.7. The van der Waals surface area contributed by atoms with Gasteiger partial charge in [0.05, 0.1) is 18.7 Å². The first kappa shape index (κ1) is 22.6. The minimum absolute atomic E-state index is 0.0404. The van der Waals surface area contributed by atoms with Gasteiger partial charge in [0, 0.05) is 17.3 Å². The molecule has 0 saturated carbocycles.